The average Bonchev–Trinajstić information content (AvgIpc) is 2.82. The first-order valence-corrected chi connectivity index (χ1v) is 6.30. The summed E-state index contributed by atoms with van der Waals surface area (Å²) in [5.41, 5.74) is 1.08. The van der Waals surface area contributed by atoms with Crippen molar-refractivity contribution in [3.63, 3.8) is 0 Å². The van der Waals surface area contributed by atoms with Gasteiger partial charge in [-0.25, -0.2) is 0 Å². The minimum absolute atomic E-state index is 0.901. The Morgan fingerprint density at radius 2 is 1.76 bits per heavy atom. The van der Waals surface area contributed by atoms with Gasteiger partial charge in [0.05, 0.1) is 0 Å². The molecule has 0 fully saturated rings. The molecule has 96 valence electrons. The van der Waals surface area contributed by atoms with Crippen LogP contribution >= 0.6 is 0 Å². The van der Waals surface area contributed by atoms with E-state index < -0.39 is 0 Å². The maximum atomic E-state index is 5.48. The molecule has 0 amide bonds. The molecule has 0 N–H and O–H groups in total. The fourth-order valence-electron chi connectivity index (χ4n) is 1.08. The number of allylic oxidation sites excluding steroid dienone is 5. The summed E-state index contributed by atoms with van der Waals surface area (Å²) in [6, 6.07) is 3.93. The summed E-state index contributed by atoms with van der Waals surface area (Å²) in [5, 5.41) is 0. The summed E-state index contributed by atoms with van der Waals surface area (Å²) in [5.74, 6) is 1.83. The van der Waals surface area contributed by atoms with E-state index in [1.165, 1.54) is 0 Å². The van der Waals surface area contributed by atoms with Crippen LogP contribution in [-0.2, 0) is 0 Å². The second kappa shape index (κ2) is 12.6. The molecule has 0 atom stereocenters. The first-order valence-electron chi connectivity index (χ1n) is 6.30. The Bertz CT molecular complexity index is 340. The standard InChI is InChI=1S/C12H14O.2C2H6/c1-4-6-7-11(5-2)12-9-8-10(3)13-12;2*1-2/h4-9H,1H2,2-3H3;2*1-2H3/b7-6-,11-5+;;. The van der Waals surface area contributed by atoms with Crippen molar-refractivity contribution in [2.24, 2.45) is 0 Å². The van der Waals surface area contributed by atoms with Gasteiger partial charge in [0.2, 0.25) is 0 Å². The summed E-state index contributed by atoms with van der Waals surface area (Å²) < 4.78 is 5.48. The number of furan rings is 1. The van der Waals surface area contributed by atoms with Gasteiger partial charge >= 0.3 is 0 Å². The predicted molar refractivity (Wildman–Crippen MR) is 79.1 cm³/mol. The van der Waals surface area contributed by atoms with E-state index in [-0.39, 0.29) is 0 Å². The van der Waals surface area contributed by atoms with Crippen LogP contribution in [0.15, 0.2) is 47.4 Å². The molecule has 0 aliphatic carbocycles. The van der Waals surface area contributed by atoms with Crippen LogP contribution in [0.1, 0.15) is 46.1 Å². The van der Waals surface area contributed by atoms with Crippen molar-refractivity contribution in [3.05, 3.63) is 54.5 Å². The highest BCUT2D eigenvalue weighted by Crippen LogP contribution is 2.18. The minimum Gasteiger partial charge on any atom is -0.461 e. The Hall–Kier alpha value is -1.50. The lowest BCUT2D eigenvalue weighted by Gasteiger charge is -1.94. The van der Waals surface area contributed by atoms with E-state index in [0.717, 1.165) is 17.1 Å². The van der Waals surface area contributed by atoms with Gasteiger partial charge in [-0.3, -0.25) is 0 Å². The highest BCUT2D eigenvalue weighted by molar-refractivity contribution is 5.70. The molecule has 1 nitrogen and oxygen atoms in total. The quantitative estimate of drug-likeness (QED) is 0.604. The van der Waals surface area contributed by atoms with Gasteiger partial charge in [0.25, 0.3) is 0 Å². The normalized spacial score (nSPS) is 10.1. The fourth-order valence-corrected chi connectivity index (χ4v) is 1.08. The summed E-state index contributed by atoms with van der Waals surface area (Å²) in [6.45, 7) is 15.5. The van der Waals surface area contributed by atoms with Crippen LogP contribution in [0.25, 0.3) is 5.57 Å². The Morgan fingerprint density at radius 3 is 2.12 bits per heavy atom. The van der Waals surface area contributed by atoms with Crippen LogP contribution in [0, 0.1) is 6.92 Å². The molecule has 1 aromatic heterocycles. The van der Waals surface area contributed by atoms with E-state index in [9.17, 15) is 0 Å². The van der Waals surface area contributed by atoms with Crippen molar-refractivity contribution in [1.29, 1.82) is 0 Å². The average molecular weight is 234 g/mol. The molecular formula is C16H26O. The van der Waals surface area contributed by atoms with Gasteiger partial charge in [0.15, 0.2) is 0 Å². The van der Waals surface area contributed by atoms with Crippen LogP contribution in [0.5, 0.6) is 0 Å². The molecule has 0 aliphatic heterocycles. The first kappa shape index (κ1) is 17.9. The number of hydrogen-bond donors (Lipinski definition) is 0. The lowest BCUT2D eigenvalue weighted by molar-refractivity contribution is 0.522. The van der Waals surface area contributed by atoms with Gasteiger partial charge in [-0.15, -0.1) is 0 Å². The molecular weight excluding hydrogens is 208 g/mol. The van der Waals surface area contributed by atoms with E-state index >= 15 is 0 Å². The molecule has 0 unspecified atom stereocenters. The smallest absolute Gasteiger partial charge is 0.133 e. The van der Waals surface area contributed by atoms with Crippen molar-refractivity contribution >= 4 is 5.57 Å². The summed E-state index contributed by atoms with van der Waals surface area (Å²) >= 11 is 0. The Morgan fingerprint density at radius 1 is 1.18 bits per heavy atom. The van der Waals surface area contributed by atoms with Crippen LogP contribution in [0.2, 0.25) is 0 Å². The Balaban J connectivity index is 0. The van der Waals surface area contributed by atoms with Crippen molar-refractivity contribution in [2.75, 3.05) is 0 Å². The third kappa shape index (κ3) is 7.40. The van der Waals surface area contributed by atoms with Gasteiger partial charge in [-0.1, -0.05) is 58.6 Å². The molecule has 0 saturated heterocycles. The third-order valence-corrected chi connectivity index (χ3v) is 1.75. The zero-order valence-electron chi connectivity index (χ0n) is 12.1. The molecule has 0 aromatic carbocycles. The fraction of sp³-hybridized carbons (Fsp3) is 0.375. The first-order chi connectivity index (χ1) is 8.27. The van der Waals surface area contributed by atoms with E-state index in [1.54, 1.807) is 6.08 Å². The molecule has 0 spiro atoms. The van der Waals surface area contributed by atoms with Gasteiger partial charge in [0, 0.05) is 5.57 Å². The highest BCUT2D eigenvalue weighted by Gasteiger charge is 2.00. The van der Waals surface area contributed by atoms with Crippen LogP contribution < -0.4 is 0 Å². The summed E-state index contributed by atoms with van der Waals surface area (Å²) in [4.78, 5) is 0. The number of aryl methyl sites for hydroxylation is 1. The number of rotatable bonds is 3. The van der Waals surface area contributed by atoms with Crippen LogP contribution in [0.3, 0.4) is 0 Å². The van der Waals surface area contributed by atoms with Crippen molar-refractivity contribution in [1.82, 2.24) is 0 Å². The molecule has 1 heteroatoms. The maximum absolute atomic E-state index is 5.48. The molecule has 0 aliphatic rings. The molecule has 1 rings (SSSR count). The molecule has 17 heavy (non-hydrogen) atoms. The third-order valence-electron chi connectivity index (χ3n) is 1.75. The molecule has 0 bridgehead atoms. The van der Waals surface area contributed by atoms with Crippen LogP contribution in [-0.4, -0.2) is 0 Å². The monoisotopic (exact) mass is 234 g/mol. The Kier molecular flexibility index (Phi) is 13.2. The SMILES string of the molecule is C=C/C=C\C(=C/C)c1ccc(C)o1.CC.CC. The maximum Gasteiger partial charge on any atom is 0.133 e. The lowest BCUT2D eigenvalue weighted by Crippen LogP contribution is -1.73. The zero-order valence-corrected chi connectivity index (χ0v) is 12.1. The van der Waals surface area contributed by atoms with E-state index in [0.29, 0.717) is 0 Å². The van der Waals surface area contributed by atoms with E-state index in [2.05, 4.69) is 6.58 Å². The van der Waals surface area contributed by atoms with Crippen molar-refractivity contribution < 1.29 is 4.42 Å². The number of hydrogen-bond acceptors (Lipinski definition) is 1. The second-order valence-electron chi connectivity index (χ2n) is 2.75. The lowest BCUT2D eigenvalue weighted by atomic mass is 10.2. The second-order valence-corrected chi connectivity index (χ2v) is 2.75. The summed E-state index contributed by atoms with van der Waals surface area (Å²) in [6.07, 6.45) is 7.63. The van der Waals surface area contributed by atoms with Gasteiger partial charge < -0.3 is 4.42 Å². The summed E-state index contributed by atoms with van der Waals surface area (Å²) in [7, 11) is 0. The van der Waals surface area contributed by atoms with Gasteiger partial charge in [-0.2, -0.15) is 0 Å². The molecule has 1 aromatic rings. The van der Waals surface area contributed by atoms with Gasteiger partial charge in [-0.05, 0) is 26.0 Å². The van der Waals surface area contributed by atoms with Crippen molar-refractivity contribution in [3.8, 4) is 0 Å². The van der Waals surface area contributed by atoms with Crippen molar-refractivity contribution in [2.45, 2.75) is 41.5 Å². The molecule has 0 saturated carbocycles. The van der Waals surface area contributed by atoms with E-state index in [1.807, 2.05) is 71.9 Å². The molecule has 1 heterocycles. The highest BCUT2D eigenvalue weighted by atomic mass is 16.3. The minimum atomic E-state index is 0.901. The van der Waals surface area contributed by atoms with Crippen LogP contribution in [0.4, 0.5) is 0 Å². The predicted octanol–water partition coefficient (Wildman–Crippen LogP) is 5.79. The van der Waals surface area contributed by atoms with E-state index in [4.69, 9.17) is 4.42 Å². The van der Waals surface area contributed by atoms with Gasteiger partial charge in [0.1, 0.15) is 11.5 Å². The molecule has 0 radical (unpaired) electrons. The topological polar surface area (TPSA) is 13.1 Å². The largest absolute Gasteiger partial charge is 0.461 e. The zero-order chi connectivity index (χ0) is 13.7. The Labute approximate surface area is 107 Å².